The van der Waals surface area contributed by atoms with Gasteiger partial charge < -0.3 is 4.74 Å². The molecule has 1 atom stereocenters. The Morgan fingerprint density at radius 1 is 1.71 bits per heavy atom. The molecule has 0 saturated heterocycles. The lowest BCUT2D eigenvalue weighted by atomic mass is 10.0. The highest BCUT2D eigenvalue weighted by atomic mass is 35.5. The summed E-state index contributed by atoms with van der Waals surface area (Å²) in [6, 6.07) is 3.43. The minimum Gasteiger partial charge on any atom is -0.466 e. The topological polar surface area (TPSA) is 39.2 Å². The molecule has 0 aliphatic carbocycles. The number of rotatable bonds is 3. The highest BCUT2D eigenvalue weighted by Gasteiger charge is 2.16. The quantitative estimate of drug-likeness (QED) is 0.572. The van der Waals surface area contributed by atoms with Crippen LogP contribution in [0.5, 0.6) is 0 Å². The van der Waals surface area contributed by atoms with Gasteiger partial charge >= 0.3 is 5.97 Å². The molecule has 3 nitrogen and oxygen atoms in total. The Kier molecular flexibility index (Phi) is 3.89. The van der Waals surface area contributed by atoms with Crippen LogP contribution in [0, 0.1) is 0 Å². The average Bonchev–Trinajstić information content (AvgIpc) is 2.17. The molecule has 0 spiro atoms. The number of esters is 1. The fraction of sp³-hybridized carbons (Fsp3) is 0.400. The molecule has 14 heavy (non-hydrogen) atoms. The van der Waals surface area contributed by atoms with Crippen LogP contribution in [0.1, 0.15) is 25.3 Å². The number of carbonyl (C=O) groups excluding carboxylic acids is 1. The minimum atomic E-state index is -0.296. The molecule has 4 heteroatoms. The molecule has 0 saturated carbocycles. The number of carbonyl (C=O) groups is 1. The van der Waals surface area contributed by atoms with Crippen molar-refractivity contribution in [3.8, 4) is 0 Å². The first-order chi connectivity index (χ1) is 6.65. The van der Waals surface area contributed by atoms with E-state index >= 15 is 0 Å². The second-order valence-corrected chi connectivity index (χ2v) is 3.27. The monoisotopic (exact) mass is 213 g/mol. The first-order valence-electron chi connectivity index (χ1n) is 4.43. The normalized spacial score (nSPS) is 12.2. The van der Waals surface area contributed by atoms with E-state index < -0.39 is 0 Å². The summed E-state index contributed by atoms with van der Waals surface area (Å²) in [7, 11) is 0. The second-order valence-electron chi connectivity index (χ2n) is 2.89. The van der Waals surface area contributed by atoms with Gasteiger partial charge in [-0.25, -0.2) is 4.98 Å². The molecule has 0 radical (unpaired) electrons. The number of hydrogen-bond acceptors (Lipinski definition) is 3. The average molecular weight is 214 g/mol. The first-order valence-corrected chi connectivity index (χ1v) is 4.81. The maximum absolute atomic E-state index is 11.4. The molecule has 1 heterocycles. The van der Waals surface area contributed by atoms with Gasteiger partial charge in [0.25, 0.3) is 0 Å². The van der Waals surface area contributed by atoms with Gasteiger partial charge in [-0.05, 0) is 31.5 Å². The van der Waals surface area contributed by atoms with Gasteiger partial charge in [0.05, 0.1) is 12.5 Å². The molecule has 0 aliphatic rings. The number of aromatic nitrogens is 1. The van der Waals surface area contributed by atoms with Crippen LogP contribution in [-0.2, 0) is 9.53 Å². The van der Waals surface area contributed by atoms with Crippen molar-refractivity contribution in [2.24, 2.45) is 0 Å². The van der Waals surface area contributed by atoms with Crippen molar-refractivity contribution in [1.82, 2.24) is 4.98 Å². The van der Waals surface area contributed by atoms with Crippen LogP contribution in [-0.4, -0.2) is 17.6 Å². The van der Waals surface area contributed by atoms with Crippen LogP contribution >= 0.6 is 11.6 Å². The van der Waals surface area contributed by atoms with E-state index in [4.69, 9.17) is 16.3 Å². The summed E-state index contributed by atoms with van der Waals surface area (Å²) in [5.74, 6) is -0.537. The molecule has 0 N–H and O–H groups in total. The lowest BCUT2D eigenvalue weighted by molar-refractivity contribution is -0.144. The standard InChI is InChI=1S/C10H12ClNO2/c1-3-14-10(13)7(2)8-4-5-12-9(11)6-8/h4-7H,3H2,1-2H3. The van der Waals surface area contributed by atoms with E-state index in [0.717, 1.165) is 5.56 Å². The lowest BCUT2D eigenvalue weighted by Gasteiger charge is -2.10. The molecule has 76 valence electrons. The zero-order chi connectivity index (χ0) is 10.6. The molecule has 1 aromatic heterocycles. The maximum Gasteiger partial charge on any atom is 0.313 e. The third-order valence-corrected chi connectivity index (χ3v) is 2.10. The molecule has 1 unspecified atom stereocenters. The molecule has 0 fully saturated rings. The van der Waals surface area contributed by atoms with Gasteiger partial charge in [0.2, 0.25) is 0 Å². The summed E-state index contributed by atoms with van der Waals surface area (Å²) in [5, 5.41) is 0.388. The summed E-state index contributed by atoms with van der Waals surface area (Å²) in [6.45, 7) is 3.95. The third kappa shape index (κ3) is 2.70. The number of pyridine rings is 1. The Balaban J connectivity index is 2.78. The fourth-order valence-electron chi connectivity index (χ4n) is 1.09. The van der Waals surface area contributed by atoms with Crippen molar-refractivity contribution in [3.05, 3.63) is 29.0 Å². The number of hydrogen-bond donors (Lipinski definition) is 0. The number of nitrogens with zero attached hydrogens (tertiary/aromatic N) is 1. The largest absolute Gasteiger partial charge is 0.466 e. The van der Waals surface area contributed by atoms with Crippen molar-refractivity contribution in [2.75, 3.05) is 6.61 Å². The summed E-state index contributed by atoms with van der Waals surface area (Å²) in [6.07, 6.45) is 1.58. The van der Waals surface area contributed by atoms with E-state index in [2.05, 4.69) is 4.98 Å². The van der Waals surface area contributed by atoms with E-state index in [1.54, 1.807) is 32.2 Å². The van der Waals surface area contributed by atoms with Crippen molar-refractivity contribution in [3.63, 3.8) is 0 Å². The van der Waals surface area contributed by atoms with Gasteiger partial charge in [-0.2, -0.15) is 0 Å². The smallest absolute Gasteiger partial charge is 0.313 e. The van der Waals surface area contributed by atoms with Crippen molar-refractivity contribution >= 4 is 17.6 Å². The van der Waals surface area contributed by atoms with E-state index in [-0.39, 0.29) is 11.9 Å². The predicted molar refractivity (Wildman–Crippen MR) is 54.3 cm³/mol. The fourth-order valence-corrected chi connectivity index (χ4v) is 1.27. The summed E-state index contributed by atoms with van der Waals surface area (Å²) in [4.78, 5) is 15.2. The summed E-state index contributed by atoms with van der Waals surface area (Å²) in [5.41, 5.74) is 0.823. The van der Waals surface area contributed by atoms with E-state index in [1.165, 1.54) is 0 Å². The summed E-state index contributed by atoms with van der Waals surface area (Å²) >= 11 is 5.71. The Hall–Kier alpha value is -1.09. The van der Waals surface area contributed by atoms with Gasteiger partial charge in [-0.3, -0.25) is 4.79 Å². The Labute approximate surface area is 88.1 Å². The maximum atomic E-state index is 11.4. The minimum absolute atomic E-state index is 0.241. The SMILES string of the molecule is CCOC(=O)C(C)c1ccnc(Cl)c1. The van der Waals surface area contributed by atoms with E-state index in [1.807, 2.05) is 0 Å². The molecular formula is C10H12ClNO2. The summed E-state index contributed by atoms with van der Waals surface area (Å²) < 4.78 is 4.90. The van der Waals surface area contributed by atoms with Gasteiger partial charge in [0.1, 0.15) is 5.15 Å². The van der Waals surface area contributed by atoms with Crippen LogP contribution in [0.2, 0.25) is 5.15 Å². The van der Waals surface area contributed by atoms with Gasteiger partial charge in [-0.15, -0.1) is 0 Å². The Morgan fingerprint density at radius 3 is 3.00 bits per heavy atom. The highest BCUT2D eigenvalue weighted by Crippen LogP contribution is 2.18. The molecule has 0 aromatic carbocycles. The van der Waals surface area contributed by atoms with E-state index in [0.29, 0.717) is 11.8 Å². The number of halogens is 1. The van der Waals surface area contributed by atoms with Crippen LogP contribution < -0.4 is 0 Å². The second kappa shape index (κ2) is 4.96. The third-order valence-electron chi connectivity index (χ3n) is 1.89. The molecule has 1 rings (SSSR count). The predicted octanol–water partition coefficient (Wildman–Crippen LogP) is 2.40. The Bertz CT molecular complexity index is 328. The molecule has 1 aromatic rings. The van der Waals surface area contributed by atoms with Gasteiger partial charge in [-0.1, -0.05) is 11.6 Å². The van der Waals surface area contributed by atoms with E-state index in [9.17, 15) is 4.79 Å². The van der Waals surface area contributed by atoms with Crippen LogP contribution in [0.3, 0.4) is 0 Å². The molecule has 0 amide bonds. The molecule has 0 bridgehead atoms. The lowest BCUT2D eigenvalue weighted by Crippen LogP contribution is -2.12. The van der Waals surface area contributed by atoms with Crippen molar-refractivity contribution in [1.29, 1.82) is 0 Å². The van der Waals surface area contributed by atoms with Crippen LogP contribution in [0.4, 0.5) is 0 Å². The molecular weight excluding hydrogens is 202 g/mol. The number of ether oxygens (including phenoxy) is 1. The zero-order valence-electron chi connectivity index (χ0n) is 8.16. The van der Waals surface area contributed by atoms with Gasteiger partial charge in [0, 0.05) is 6.20 Å². The Morgan fingerprint density at radius 2 is 2.43 bits per heavy atom. The molecule has 0 aliphatic heterocycles. The van der Waals surface area contributed by atoms with Crippen molar-refractivity contribution in [2.45, 2.75) is 19.8 Å². The van der Waals surface area contributed by atoms with Gasteiger partial charge in [0.15, 0.2) is 0 Å². The van der Waals surface area contributed by atoms with Crippen LogP contribution in [0.25, 0.3) is 0 Å². The first kappa shape index (κ1) is 11.0. The van der Waals surface area contributed by atoms with Crippen LogP contribution in [0.15, 0.2) is 18.3 Å². The zero-order valence-corrected chi connectivity index (χ0v) is 8.91. The highest BCUT2D eigenvalue weighted by molar-refractivity contribution is 6.29. The van der Waals surface area contributed by atoms with Crippen molar-refractivity contribution < 1.29 is 9.53 Å².